The van der Waals surface area contributed by atoms with Crippen LogP contribution in [-0.2, 0) is 0 Å². The smallest absolute Gasteiger partial charge is 0.205 e. The summed E-state index contributed by atoms with van der Waals surface area (Å²) in [5.41, 5.74) is 0. The van der Waals surface area contributed by atoms with E-state index >= 15 is 0 Å². The van der Waals surface area contributed by atoms with E-state index in [0.29, 0.717) is 5.92 Å². The van der Waals surface area contributed by atoms with Crippen molar-refractivity contribution in [2.75, 3.05) is 31.1 Å². The molecule has 3 saturated heterocycles. The lowest BCUT2D eigenvalue weighted by atomic mass is 9.90. The van der Waals surface area contributed by atoms with Crippen molar-refractivity contribution < 1.29 is 0 Å². The summed E-state index contributed by atoms with van der Waals surface area (Å²) in [4.78, 5) is 10.1. The summed E-state index contributed by atoms with van der Waals surface area (Å²) in [6.45, 7) is 5.13. The molecule has 4 fully saturated rings. The molecule has 4 aliphatic rings. The average molecular weight is 290 g/mol. The van der Waals surface area contributed by atoms with E-state index in [1.165, 1.54) is 63.4 Å². The van der Waals surface area contributed by atoms with Crippen molar-refractivity contribution in [3.63, 3.8) is 0 Å². The standard InChI is InChI=1S/C15H22N4S/c1-2-6-18-7-11-8-19(9-12(11)13(18)3-1)15-16-14(17-20-15)10-4-5-10/h10-13H,1-9H2/t11-,12-,13+/m1/s1. The number of piperidine rings is 1. The van der Waals surface area contributed by atoms with Gasteiger partial charge in [0.1, 0.15) is 5.82 Å². The third kappa shape index (κ3) is 1.82. The predicted octanol–water partition coefficient (Wildman–Crippen LogP) is 2.34. The van der Waals surface area contributed by atoms with Crippen LogP contribution in [0.3, 0.4) is 0 Å². The number of hydrogen-bond donors (Lipinski definition) is 0. The van der Waals surface area contributed by atoms with Gasteiger partial charge in [0.15, 0.2) is 0 Å². The molecule has 0 radical (unpaired) electrons. The maximum atomic E-state index is 4.81. The van der Waals surface area contributed by atoms with Gasteiger partial charge in [-0.3, -0.25) is 4.90 Å². The molecule has 4 nitrogen and oxygen atoms in total. The summed E-state index contributed by atoms with van der Waals surface area (Å²) in [6, 6.07) is 0.870. The fourth-order valence-electron chi connectivity index (χ4n) is 4.57. The second kappa shape index (κ2) is 4.41. The fraction of sp³-hybridized carbons (Fsp3) is 0.867. The van der Waals surface area contributed by atoms with Crippen molar-refractivity contribution in [3.8, 4) is 0 Å². The molecule has 1 aromatic heterocycles. The largest absolute Gasteiger partial charge is 0.346 e. The molecular weight excluding hydrogens is 268 g/mol. The minimum Gasteiger partial charge on any atom is -0.346 e. The van der Waals surface area contributed by atoms with E-state index in [9.17, 15) is 0 Å². The predicted molar refractivity (Wildman–Crippen MR) is 80.3 cm³/mol. The molecule has 0 bridgehead atoms. The van der Waals surface area contributed by atoms with Gasteiger partial charge in [-0.1, -0.05) is 6.42 Å². The van der Waals surface area contributed by atoms with Crippen LogP contribution in [0, 0.1) is 11.8 Å². The van der Waals surface area contributed by atoms with E-state index in [4.69, 9.17) is 4.98 Å². The van der Waals surface area contributed by atoms with Crippen molar-refractivity contribution >= 4 is 16.7 Å². The normalized spacial score (nSPS) is 37.2. The van der Waals surface area contributed by atoms with Crippen LogP contribution in [-0.4, -0.2) is 46.5 Å². The monoisotopic (exact) mass is 290 g/mol. The summed E-state index contributed by atoms with van der Waals surface area (Å²) in [7, 11) is 0. The number of hydrogen-bond acceptors (Lipinski definition) is 5. The van der Waals surface area contributed by atoms with Gasteiger partial charge in [0, 0.05) is 43.1 Å². The van der Waals surface area contributed by atoms with E-state index in [0.717, 1.165) is 23.7 Å². The van der Waals surface area contributed by atoms with E-state index in [-0.39, 0.29) is 0 Å². The SMILES string of the molecule is C1CCN2C[C@@H]3CN(c4nc(C5CC5)ns4)C[C@H]3[C@@H]2C1. The molecule has 0 amide bonds. The lowest BCUT2D eigenvalue weighted by molar-refractivity contribution is 0.173. The lowest BCUT2D eigenvalue weighted by Crippen LogP contribution is -2.39. The molecule has 5 heteroatoms. The molecule has 1 aromatic rings. The molecule has 3 aliphatic heterocycles. The van der Waals surface area contributed by atoms with Crippen LogP contribution in [0.25, 0.3) is 0 Å². The van der Waals surface area contributed by atoms with Gasteiger partial charge in [0.05, 0.1) is 0 Å². The second-order valence-corrected chi connectivity index (χ2v) is 7.83. The van der Waals surface area contributed by atoms with E-state index in [2.05, 4.69) is 14.2 Å². The third-order valence-electron chi connectivity index (χ3n) is 5.76. The summed E-state index contributed by atoms with van der Waals surface area (Å²) in [6.07, 6.45) is 6.89. The molecule has 20 heavy (non-hydrogen) atoms. The second-order valence-electron chi connectivity index (χ2n) is 7.10. The van der Waals surface area contributed by atoms with Gasteiger partial charge >= 0.3 is 0 Å². The van der Waals surface area contributed by atoms with Gasteiger partial charge in [0.25, 0.3) is 0 Å². The zero-order valence-electron chi connectivity index (χ0n) is 11.9. The highest BCUT2D eigenvalue weighted by molar-refractivity contribution is 7.09. The maximum Gasteiger partial charge on any atom is 0.205 e. The zero-order valence-corrected chi connectivity index (χ0v) is 12.7. The Morgan fingerprint density at radius 3 is 2.90 bits per heavy atom. The Morgan fingerprint density at radius 2 is 2.00 bits per heavy atom. The molecule has 1 aliphatic carbocycles. The van der Waals surface area contributed by atoms with Gasteiger partial charge in [-0.05, 0) is 44.1 Å². The minimum absolute atomic E-state index is 0.691. The van der Waals surface area contributed by atoms with Crippen molar-refractivity contribution in [2.45, 2.75) is 44.1 Å². The molecule has 1 saturated carbocycles. The first-order chi connectivity index (χ1) is 9.88. The van der Waals surface area contributed by atoms with Crippen molar-refractivity contribution in [1.82, 2.24) is 14.3 Å². The Kier molecular flexibility index (Phi) is 2.63. The first-order valence-electron chi connectivity index (χ1n) is 8.21. The van der Waals surface area contributed by atoms with Gasteiger partial charge in [-0.15, -0.1) is 0 Å². The van der Waals surface area contributed by atoms with Crippen LogP contribution < -0.4 is 4.90 Å². The highest BCUT2D eigenvalue weighted by Gasteiger charge is 2.47. The summed E-state index contributed by atoms with van der Waals surface area (Å²) in [5.74, 6) is 3.59. The quantitative estimate of drug-likeness (QED) is 0.837. The van der Waals surface area contributed by atoms with Gasteiger partial charge < -0.3 is 4.90 Å². The molecule has 5 rings (SSSR count). The Balaban J connectivity index is 1.33. The van der Waals surface area contributed by atoms with Crippen LogP contribution in [0.15, 0.2) is 0 Å². The van der Waals surface area contributed by atoms with Crippen molar-refractivity contribution in [2.24, 2.45) is 11.8 Å². The Labute approximate surface area is 124 Å². The molecule has 0 aromatic carbocycles. The minimum atomic E-state index is 0.691. The average Bonchev–Trinajstić information content (AvgIpc) is 2.93. The number of nitrogens with zero attached hydrogens (tertiary/aromatic N) is 4. The highest BCUT2D eigenvalue weighted by atomic mass is 32.1. The topological polar surface area (TPSA) is 32.3 Å². The number of aromatic nitrogens is 2. The number of anilines is 1. The molecular formula is C15H22N4S. The van der Waals surface area contributed by atoms with Crippen LogP contribution >= 0.6 is 11.5 Å². The number of fused-ring (bicyclic) bond motifs is 3. The molecule has 0 N–H and O–H groups in total. The molecule has 108 valence electrons. The van der Waals surface area contributed by atoms with Crippen LogP contribution in [0.1, 0.15) is 43.8 Å². The summed E-state index contributed by atoms with van der Waals surface area (Å²) >= 11 is 1.63. The van der Waals surface area contributed by atoms with E-state index in [1.807, 2.05) is 0 Å². The molecule has 3 atom stereocenters. The van der Waals surface area contributed by atoms with Crippen molar-refractivity contribution in [1.29, 1.82) is 0 Å². The van der Waals surface area contributed by atoms with E-state index < -0.39 is 0 Å². The number of rotatable bonds is 2. The summed E-state index contributed by atoms with van der Waals surface area (Å²) < 4.78 is 4.58. The van der Waals surface area contributed by atoms with Gasteiger partial charge in [-0.25, -0.2) is 4.98 Å². The molecule has 0 spiro atoms. The van der Waals surface area contributed by atoms with Gasteiger partial charge in [-0.2, -0.15) is 4.37 Å². The first kappa shape index (κ1) is 11.9. The van der Waals surface area contributed by atoms with E-state index in [1.54, 1.807) is 11.5 Å². The van der Waals surface area contributed by atoms with Crippen LogP contribution in [0.5, 0.6) is 0 Å². The lowest BCUT2D eigenvalue weighted by Gasteiger charge is -2.33. The third-order valence-corrected chi connectivity index (χ3v) is 6.55. The first-order valence-corrected chi connectivity index (χ1v) is 8.98. The fourth-order valence-corrected chi connectivity index (χ4v) is 5.34. The Hall–Kier alpha value is -0.680. The molecule has 0 unspecified atom stereocenters. The summed E-state index contributed by atoms with van der Waals surface area (Å²) in [5, 5.41) is 1.20. The highest BCUT2D eigenvalue weighted by Crippen LogP contribution is 2.43. The van der Waals surface area contributed by atoms with Crippen LogP contribution in [0.2, 0.25) is 0 Å². The maximum absolute atomic E-state index is 4.81. The zero-order chi connectivity index (χ0) is 13.1. The Bertz CT molecular complexity index is 512. The van der Waals surface area contributed by atoms with Gasteiger partial charge in [0.2, 0.25) is 5.13 Å². The van der Waals surface area contributed by atoms with Crippen LogP contribution in [0.4, 0.5) is 5.13 Å². The van der Waals surface area contributed by atoms with Crippen molar-refractivity contribution in [3.05, 3.63) is 5.82 Å². The Morgan fingerprint density at radius 1 is 1.05 bits per heavy atom. The molecule has 4 heterocycles.